The maximum atomic E-state index is 12.3. The van der Waals surface area contributed by atoms with Crippen molar-refractivity contribution in [3.05, 3.63) is 46.0 Å². The molecule has 6 heteroatoms. The Labute approximate surface area is 122 Å². The minimum Gasteiger partial charge on any atom is -0.396 e. The molecular formula is C15H19N3O3. The van der Waals surface area contributed by atoms with Gasteiger partial charge in [-0.1, -0.05) is 13.0 Å². The van der Waals surface area contributed by atoms with Crippen molar-refractivity contribution < 1.29 is 9.90 Å². The minimum absolute atomic E-state index is 0.0225. The smallest absolute Gasteiger partial charge is 0.270 e. The van der Waals surface area contributed by atoms with E-state index in [1.807, 2.05) is 19.9 Å². The van der Waals surface area contributed by atoms with Gasteiger partial charge >= 0.3 is 0 Å². The number of aliphatic hydroxyl groups excluding tert-OH is 1. The highest BCUT2D eigenvalue weighted by atomic mass is 16.3. The predicted octanol–water partition coefficient (Wildman–Crippen LogP) is 0.751. The zero-order valence-electron chi connectivity index (χ0n) is 12.2. The first kappa shape index (κ1) is 15.2. The molecule has 0 aliphatic rings. The van der Waals surface area contributed by atoms with Crippen LogP contribution in [0, 0.1) is 12.8 Å². The SMILES string of the molecule is Cc1cccn2c(=O)c(C(=O)NCC(C)CCO)cnc12. The standard InChI is InChI=1S/C15H19N3O3/c1-10(5-7-19)8-17-14(20)12-9-16-13-11(2)4-3-6-18(13)15(12)21/h3-4,6,9-10,19H,5,7-8H2,1-2H3,(H,17,20). The molecule has 0 aliphatic heterocycles. The first-order valence-electron chi connectivity index (χ1n) is 6.90. The molecule has 0 fully saturated rings. The summed E-state index contributed by atoms with van der Waals surface area (Å²) in [5.74, 6) is -0.287. The van der Waals surface area contributed by atoms with E-state index in [9.17, 15) is 9.59 Å². The lowest BCUT2D eigenvalue weighted by atomic mass is 10.1. The number of carbonyl (C=O) groups is 1. The third-order valence-corrected chi connectivity index (χ3v) is 3.41. The molecule has 1 atom stereocenters. The maximum Gasteiger partial charge on any atom is 0.270 e. The van der Waals surface area contributed by atoms with Crippen LogP contribution in [-0.2, 0) is 0 Å². The molecule has 112 valence electrons. The number of nitrogens with zero attached hydrogens (tertiary/aromatic N) is 2. The van der Waals surface area contributed by atoms with Crippen molar-refractivity contribution >= 4 is 11.6 Å². The van der Waals surface area contributed by atoms with Crippen LogP contribution < -0.4 is 10.9 Å². The minimum atomic E-state index is -0.437. The van der Waals surface area contributed by atoms with Gasteiger partial charge in [0.05, 0.1) is 0 Å². The van der Waals surface area contributed by atoms with Crippen LogP contribution in [0.5, 0.6) is 0 Å². The van der Waals surface area contributed by atoms with Gasteiger partial charge < -0.3 is 10.4 Å². The quantitative estimate of drug-likeness (QED) is 0.851. The maximum absolute atomic E-state index is 12.3. The van der Waals surface area contributed by atoms with Crippen LogP contribution in [0.25, 0.3) is 5.65 Å². The first-order chi connectivity index (χ1) is 10.0. The number of aromatic nitrogens is 2. The van der Waals surface area contributed by atoms with E-state index in [2.05, 4.69) is 10.3 Å². The van der Waals surface area contributed by atoms with Gasteiger partial charge in [-0.25, -0.2) is 4.98 Å². The summed E-state index contributed by atoms with van der Waals surface area (Å²) >= 11 is 0. The van der Waals surface area contributed by atoms with E-state index in [0.717, 1.165) is 5.56 Å². The molecule has 0 bridgehead atoms. The number of fused-ring (bicyclic) bond motifs is 1. The number of aliphatic hydroxyl groups is 1. The van der Waals surface area contributed by atoms with Crippen LogP contribution in [0.1, 0.15) is 29.3 Å². The Balaban J connectivity index is 2.25. The lowest BCUT2D eigenvalue weighted by Gasteiger charge is -2.11. The number of aryl methyl sites for hydroxylation is 1. The molecule has 0 aromatic carbocycles. The fourth-order valence-corrected chi connectivity index (χ4v) is 2.09. The molecular weight excluding hydrogens is 270 g/mol. The second-order valence-electron chi connectivity index (χ2n) is 5.19. The second-order valence-corrected chi connectivity index (χ2v) is 5.19. The summed E-state index contributed by atoms with van der Waals surface area (Å²) < 4.78 is 1.38. The molecule has 0 saturated heterocycles. The summed E-state index contributed by atoms with van der Waals surface area (Å²) in [6, 6.07) is 3.61. The van der Waals surface area contributed by atoms with Gasteiger partial charge in [-0.05, 0) is 30.9 Å². The Morgan fingerprint density at radius 3 is 3.00 bits per heavy atom. The van der Waals surface area contributed by atoms with Crippen molar-refractivity contribution in [2.75, 3.05) is 13.2 Å². The molecule has 6 nitrogen and oxygen atoms in total. The van der Waals surface area contributed by atoms with Crippen molar-refractivity contribution in [2.45, 2.75) is 20.3 Å². The molecule has 2 N–H and O–H groups in total. The first-order valence-corrected chi connectivity index (χ1v) is 6.90. The third-order valence-electron chi connectivity index (χ3n) is 3.41. The van der Waals surface area contributed by atoms with E-state index in [1.165, 1.54) is 10.6 Å². The summed E-state index contributed by atoms with van der Waals surface area (Å²) in [7, 11) is 0. The van der Waals surface area contributed by atoms with Crippen molar-refractivity contribution in [2.24, 2.45) is 5.92 Å². The largest absolute Gasteiger partial charge is 0.396 e. The predicted molar refractivity (Wildman–Crippen MR) is 79.4 cm³/mol. The van der Waals surface area contributed by atoms with Gasteiger partial charge in [0.15, 0.2) is 0 Å². The fourth-order valence-electron chi connectivity index (χ4n) is 2.09. The van der Waals surface area contributed by atoms with E-state index in [4.69, 9.17) is 5.11 Å². The Kier molecular flexibility index (Phi) is 4.70. The van der Waals surface area contributed by atoms with Crippen molar-refractivity contribution in [1.29, 1.82) is 0 Å². The molecule has 2 aromatic rings. The number of pyridine rings is 1. The molecule has 2 aromatic heterocycles. The van der Waals surface area contributed by atoms with Gasteiger partial charge in [0.25, 0.3) is 11.5 Å². The highest BCUT2D eigenvalue weighted by Gasteiger charge is 2.14. The number of rotatable bonds is 5. The molecule has 0 radical (unpaired) electrons. The number of amides is 1. The van der Waals surface area contributed by atoms with Crippen molar-refractivity contribution in [1.82, 2.24) is 14.7 Å². The molecule has 0 saturated carbocycles. The zero-order chi connectivity index (χ0) is 15.4. The third kappa shape index (κ3) is 3.28. The van der Waals surface area contributed by atoms with Crippen LogP contribution >= 0.6 is 0 Å². The Morgan fingerprint density at radius 1 is 1.52 bits per heavy atom. The summed E-state index contributed by atoms with van der Waals surface area (Å²) in [5, 5.41) is 11.5. The Bertz CT molecular complexity index is 709. The average Bonchev–Trinajstić information content (AvgIpc) is 2.46. The number of carbonyl (C=O) groups excluding carboxylic acids is 1. The summed E-state index contributed by atoms with van der Waals surface area (Å²) in [4.78, 5) is 28.6. The van der Waals surface area contributed by atoms with E-state index in [-0.39, 0.29) is 23.6 Å². The van der Waals surface area contributed by atoms with Gasteiger partial charge in [0.2, 0.25) is 0 Å². The average molecular weight is 289 g/mol. The topological polar surface area (TPSA) is 83.7 Å². The van der Waals surface area contributed by atoms with Crippen LogP contribution in [0.2, 0.25) is 0 Å². The van der Waals surface area contributed by atoms with E-state index in [1.54, 1.807) is 12.3 Å². The Morgan fingerprint density at radius 2 is 2.29 bits per heavy atom. The van der Waals surface area contributed by atoms with Crippen LogP contribution in [0.15, 0.2) is 29.3 Å². The summed E-state index contributed by atoms with van der Waals surface area (Å²) in [6.07, 6.45) is 3.52. The van der Waals surface area contributed by atoms with E-state index < -0.39 is 5.91 Å². The van der Waals surface area contributed by atoms with Gasteiger partial charge in [0.1, 0.15) is 11.2 Å². The summed E-state index contributed by atoms with van der Waals surface area (Å²) in [5.41, 5.74) is 1.07. The van der Waals surface area contributed by atoms with Crippen molar-refractivity contribution in [3.8, 4) is 0 Å². The zero-order valence-corrected chi connectivity index (χ0v) is 12.2. The molecule has 21 heavy (non-hydrogen) atoms. The van der Waals surface area contributed by atoms with Crippen LogP contribution in [-0.4, -0.2) is 33.6 Å². The molecule has 0 spiro atoms. The van der Waals surface area contributed by atoms with Gasteiger partial charge in [0, 0.05) is 25.5 Å². The molecule has 2 heterocycles. The highest BCUT2D eigenvalue weighted by molar-refractivity contribution is 5.93. The van der Waals surface area contributed by atoms with Crippen LogP contribution in [0.3, 0.4) is 0 Å². The Hall–Kier alpha value is -2.21. The monoisotopic (exact) mass is 289 g/mol. The fraction of sp³-hybridized carbons (Fsp3) is 0.400. The van der Waals surface area contributed by atoms with Crippen LogP contribution in [0.4, 0.5) is 0 Å². The molecule has 2 rings (SSSR count). The molecule has 0 aliphatic carbocycles. The number of hydrogen-bond acceptors (Lipinski definition) is 4. The van der Waals surface area contributed by atoms with Gasteiger partial charge in [-0.2, -0.15) is 0 Å². The van der Waals surface area contributed by atoms with Gasteiger partial charge in [-0.3, -0.25) is 14.0 Å². The molecule has 1 unspecified atom stereocenters. The van der Waals surface area contributed by atoms with E-state index >= 15 is 0 Å². The van der Waals surface area contributed by atoms with E-state index in [0.29, 0.717) is 18.6 Å². The number of hydrogen-bond donors (Lipinski definition) is 2. The second kappa shape index (κ2) is 6.49. The van der Waals surface area contributed by atoms with Crippen molar-refractivity contribution in [3.63, 3.8) is 0 Å². The lowest BCUT2D eigenvalue weighted by Crippen LogP contribution is -2.34. The summed E-state index contributed by atoms with van der Waals surface area (Å²) in [6.45, 7) is 4.27. The number of nitrogens with one attached hydrogen (secondary N) is 1. The normalized spacial score (nSPS) is 12.3. The highest BCUT2D eigenvalue weighted by Crippen LogP contribution is 2.05. The molecule has 1 amide bonds. The van der Waals surface area contributed by atoms with Gasteiger partial charge in [-0.15, -0.1) is 0 Å². The lowest BCUT2D eigenvalue weighted by molar-refractivity contribution is 0.0943.